The van der Waals surface area contributed by atoms with E-state index in [1.807, 2.05) is 12.1 Å². The first kappa shape index (κ1) is 14.9. The van der Waals surface area contributed by atoms with Crippen molar-refractivity contribution in [1.82, 2.24) is 4.90 Å². The quantitative estimate of drug-likeness (QED) is 0.767. The minimum absolute atomic E-state index is 0.166. The van der Waals surface area contributed by atoms with Gasteiger partial charge in [0.25, 0.3) is 0 Å². The van der Waals surface area contributed by atoms with Crippen molar-refractivity contribution >= 4 is 22.9 Å². The van der Waals surface area contributed by atoms with Gasteiger partial charge in [-0.25, -0.2) is 0 Å². The van der Waals surface area contributed by atoms with Gasteiger partial charge in [-0.05, 0) is 25.1 Å². The van der Waals surface area contributed by atoms with Crippen LogP contribution >= 0.6 is 22.9 Å². The van der Waals surface area contributed by atoms with E-state index < -0.39 is 0 Å². The molecule has 1 unspecified atom stereocenters. The lowest BCUT2D eigenvalue weighted by atomic mass is 10.2. The summed E-state index contributed by atoms with van der Waals surface area (Å²) in [5.41, 5.74) is 5.86. The molecular weight excluding hydrogens is 256 g/mol. The molecular formula is C12H21ClN2OS. The largest absolute Gasteiger partial charge is 0.395 e. The number of rotatable bonds is 8. The van der Waals surface area contributed by atoms with E-state index in [0.717, 1.165) is 23.7 Å². The lowest BCUT2D eigenvalue weighted by Gasteiger charge is -2.29. The normalized spacial score (nSPS) is 13.2. The lowest BCUT2D eigenvalue weighted by Crippen LogP contribution is -2.36. The molecule has 1 heterocycles. The topological polar surface area (TPSA) is 49.5 Å². The number of halogens is 1. The summed E-state index contributed by atoms with van der Waals surface area (Å²) in [7, 11) is 0. The SMILES string of the molecule is CCCCN(CCO)C(CN)c1ccc(Cl)s1. The summed E-state index contributed by atoms with van der Waals surface area (Å²) >= 11 is 7.53. The van der Waals surface area contributed by atoms with Crippen molar-refractivity contribution in [2.24, 2.45) is 5.73 Å². The van der Waals surface area contributed by atoms with Gasteiger partial charge in [-0.1, -0.05) is 24.9 Å². The molecule has 1 aromatic heterocycles. The summed E-state index contributed by atoms with van der Waals surface area (Å²) < 4.78 is 0.790. The highest BCUT2D eigenvalue weighted by Crippen LogP contribution is 2.30. The molecule has 0 aliphatic carbocycles. The van der Waals surface area contributed by atoms with Gasteiger partial charge in [-0.2, -0.15) is 0 Å². The fraction of sp³-hybridized carbons (Fsp3) is 0.667. The Morgan fingerprint density at radius 3 is 2.71 bits per heavy atom. The predicted molar refractivity (Wildman–Crippen MR) is 74.7 cm³/mol. The van der Waals surface area contributed by atoms with Gasteiger partial charge >= 0.3 is 0 Å². The molecule has 0 saturated carbocycles. The van der Waals surface area contributed by atoms with Crippen LogP contribution in [0.15, 0.2) is 12.1 Å². The first-order valence-electron chi connectivity index (χ1n) is 6.03. The molecule has 0 fully saturated rings. The molecule has 1 rings (SSSR count). The number of hydrogen-bond donors (Lipinski definition) is 2. The van der Waals surface area contributed by atoms with Crippen LogP contribution in [0.25, 0.3) is 0 Å². The van der Waals surface area contributed by atoms with Gasteiger partial charge in [0.15, 0.2) is 0 Å². The Bertz CT molecular complexity index is 319. The third-order valence-corrected chi connectivity index (χ3v) is 4.10. The average Bonchev–Trinajstić information content (AvgIpc) is 2.73. The fourth-order valence-electron chi connectivity index (χ4n) is 1.87. The van der Waals surface area contributed by atoms with Crippen molar-refractivity contribution in [2.75, 3.05) is 26.2 Å². The standard InChI is InChI=1S/C12H21ClN2OS/c1-2-3-6-15(7-8-16)10(9-14)11-4-5-12(13)17-11/h4-5,10,16H,2-3,6-9,14H2,1H3. The second-order valence-corrected chi connectivity index (χ2v) is 5.75. The van der Waals surface area contributed by atoms with Crippen LogP contribution in [0.1, 0.15) is 30.7 Å². The molecule has 98 valence electrons. The monoisotopic (exact) mass is 276 g/mol. The zero-order valence-corrected chi connectivity index (χ0v) is 11.8. The zero-order chi connectivity index (χ0) is 12.7. The molecule has 1 atom stereocenters. The van der Waals surface area contributed by atoms with Crippen LogP contribution in [0.3, 0.4) is 0 Å². The van der Waals surface area contributed by atoms with Gasteiger partial charge in [-0.15, -0.1) is 11.3 Å². The van der Waals surface area contributed by atoms with Crippen LogP contribution in [-0.2, 0) is 0 Å². The minimum atomic E-state index is 0.166. The summed E-state index contributed by atoms with van der Waals surface area (Å²) in [4.78, 5) is 3.42. The maximum Gasteiger partial charge on any atom is 0.0931 e. The second-order valence-electron chi connectivity index (χ2n) is 4.01. The fourth-order valence-corrected chi connectivity index (χ4v) is 3.07. The van der Waals surface area contributed by atoms with E-state index in [2.05, 4.69) is 11.8 Å². The van der Waals surface area contributed by atoms with Gasteiger partial charge in [0.1, 0.15) is 0 Å². The molecule has 0 aliphatic heterocycles. The lowest BCUT2D eigenvalue weighted by molar-refractivity contribution is 0.153. The molecule has 3 nitrogen and oxygen atoms in total. The maximum atomic E-state index is 9.13. The van der Waals surface area contributed by atoms with Crippen molar-refractivity contribution in [3.63, 3.8) is 0 Å². The third-order valence-electron chi connectivity index (χ3n) is 2.77. The summed E-state index contributed by atoms with van der Waals surface area (Å²) in [6.45, 7) is 4.52. The van der Waals surface area contributed by atoms with E-state index in [1.165, 1.54) is 4.88 Å². The molecule has 0 saturated heterocycles. The van der Waals surface area contributed by atoms with Gasteiger partial charge in [0.2, 0.25) is 0 Å². The Labute approximate surface area is 112 Å². The molecule has 0 aliphatic rings. The van der Waals surface area contributed by atoms with Crippen LogP contribution in [0, 0.1) is 0 Å². The smallest absolute Gasteiger partial charge is 0.0931 e. The number of hydrogen-bond acceptors (Lipinski definition) is 4. The highest BCUT2D eigenvalue weighted by molar-refractivity contribution is 7.16. The first-order chi connectivity index (χ1) is 8.22. The van der Waals surface area contributed by atoms with Gasteiger partial charge in [0, 0.05) is 18.0 Å². The minimum Gasteiger partial charge on any atom is -0.395 e. The maximum absolute atomic E-state index is 9.13. The number of unbranched alkanes of at least 4 members (excludes halogenated alkanes) is 1. The van der Waals surface area contributed by atoms with Crippen molar-refractivity contribution < 1.29 is 5.11 Å². The summed E-state index contributed by atoms with van der Waals surface area (Å²) in [6, 6.07) is 4.10. The first-order valence-corrected chi connectivity index (χ1v) is 7.22. The van der Waals surface area contributed by atoms with Crippen molar-refractivity contribution in [2.45, 2.75) is 25.8 Å². The van der Waals surface area contributed by atoms with Crippen LogP contribution in [-0.4, -0.2) is 36.2 Å². The highest BCUT2D eigenvalue weighted by Gasteiger charge is 2.19. The third kappa shape index (κ3) is 4.56. The average molecular weight is 277 g/mol. The van der Waals surface area contributed by atoms with E-state index in [9.17, 15) is 0 Å². The molecule has 0 bridgehead atoms. The van der Waals surface area contributed by atoms with E-state index >= 15 is 0 Å². The van der Waals surface area contributed by atoms with E-state index in [-0.39, 0.29) is 12.6 Å². The Morgan fingerprint density at radius 2 is 2.24 bits per heavy atom. The van der Waals surface area contributed by atoms with Crippen molar-refractivity contribution in [1.29, 1.82) is 0 Å². The summed E-state index contributed by atoms with van der Waals surface area (Å²) in [5, 5.41) is 9.13. The van der Waals surface area contributed by atoms with Crippen molar-refractivity contribution in [3.05, 3.63) is 21.3 Å². The number of aliphatic hydroxyl groups excluding tert-OH is 1. The van der Waals surface area contributed by atoms with Crippen LogP contribution in [0.5, 0.6) is 0 Å². The van der Waals surface area contributed by atoms with Gasteiger partial charge in [-0.3, -0.25) is 4.90 Å². The summed E-state index contributed by atoms with van der Waals surface area (Å²) in [5.74, 6) is 0. The second kappa shape index (κ2) is 8.06. The molecule has 0 aromatic carbocycles. The number of nitrogens with two attached hydrogens (primary N) is 1. The molecule has 17 heavy (non-hydrogen) atoms. The van der Waals surface area contributed by atoms with Crippen LogP contribution < -0.4 is 5.73 Å². The Morgan fingerprint density at radius 1 is 1.47 bits per heavy atom. The van der Waals surface area contributed by atoms with E-state index in [0.29, 0.717) is 13.1 Å². The van der Waals surface area contributed by atoms with Gasteiger partial charge in [0.05, 0.1) is 17.0 Å². The molecule has 0 radical (unpaired) electrons. The zero-order valence-electron chi connectivity index (χ0n) is 10.2. The van der Waals surface area contributed by atoms with Crippen LogP contribution in [0.2, 0.25) is 4.34 Å². The predicted octanol–water partition coefficient (Wildman–Crippen LogP) is 2.50. The van der Waals surface area contributed by atoms with Crippen LogP contribution in [0.4, 0.5) is 0 Å². The Kier molecular flexibility index (Phi) is 7.08. The number of nitrogens with zero attached hydrogens (tertiary/aromatic N) is 1. The Balaban J connectivity index is 2.73. The summed E-state index contributed by atoms with van der Waals surface area (Å²) in [6.07, 6.45) is 2.26. The molecule has 3 N–H and O–H groups in total. The number of thiophene rings is 1. The van der Waals surface area contributed by atoms with E-state index in [1.54, 1.807) is 11.3 Å². The molecule has 5 heteroatoms. The molecule has 0 amide bonds. The van der Waals surface area contributed by atoms with Crippen molar-refractivity contribution in [3.8, 4) is 0 Å². The molecule has 1 aromatic rings. The van der Waals surface area contributed by atoms with Gasteiger partial charge < -0.3 is 10.8 Å². The Hall–Kier alpha value is -0.130. The number of aliphatic hydroxyl groups is 1. The molecule has 0 spiro atoms. The van der Waals surface area contributed by atoms with E-state index in [4.69, 9.17) is 22.4 Å². The highest BCUT2D eigenvalue weighted by atomic mass is 35.5.